The first-order valence-corrected chi connectivity index (χ1v) is 9.65. The van der Waals surface area contributed by atoms with E-state index < -0.39 is 22.5 Å². The van der Waals surface area contributed by atoms with Crippen molar-refractivity contribution in [1.82, 2.24) is 4.31 Å². The average molecular weight is 401 g/mol. The van der Waals surface area contributed by atoms with Gasteiger partial charge >= 0.3 is 5.97 Å². The van der Waals surface area contributed by atoms with Crippen molar-refractivity contribution in [3.05, 3.63) is 59.7 Å². The predicted octanol–water partition coefficient (Wildman–Crippen LogP) is 1.88. The molecule has 0 aliphatic heterocycles. The van der Waals surface area contributed by atoms with Gasteiger partial charge in [-0.05, 0) is 30.3 Å². The van der Waals surface area contributed by atoms with Crippen LogP contribution in [0.2, 0.25) is 0 Å². The summed E-state index contributed by atoms with van der Waals surface area (Å²) < 4.78 is 31.1. The second-order valence-corrected chi connectivity index (χ2v) is 7.94. The number of esters is 1. The Labute approximate surface area is 163 Å². The van der Waals surface area contributed by atoms with Crippen molar-refractivity contribution in [3.8, 4) is 6.07 Å². The van der Waals surface area contributed by atoms with E-state index in [9.17, 15) is 18.0 Å². The van der Waals surface area contributed by atoms with Crippen LogP contribution in [0.5, 0.6) is 0 Å². The van der Waals surface area contributed by atoms with Gasteiger partial charge in [-0.1, -0.05) is 18.2 Å². The Balaban J connectivity index is 2.00. The quantitative estimate of drug-likeness (QED) is 0.708. The van der Waals surface area contributed by atoms with E-state index in [2.05, 4.69) is 5.32 Å². The first-order valence-electron chi connectivity index (χ1n) is 8.21. The summed E-state index contributed by atoms with van der Waals surface area (Å²) in [6.07, 6.45) is 0. The van der Waals surface area contributed by atoms with Gasteiger partial charge in [0.1, 0.15) is 13.2 Å². The number of hydrogen-bond acceptors (Lipinski definition) is 6. The fourth-order valence-corrected chi connectivity index (χ4v) is 3.43. The molecule has 0 aliphatic rings. The van der Waals surface area contributed by atoms with Crippen LogP contribution in [0.1, 0.15) is 18.1 Å². The molecule has 0 fully saturated rings. The lowest BCUT2D eigenvalue weighted by molar-refractivity contribution is -0.144. The van der Waals surface area contributed by atoms with Crippen molar-refractivity contribution in [1.29, 1.82) is 5.26 Å². The number of benzene rings is 2. The Morgan fingerprint density at radius 1 is 1.14 bits per heavy atom. The van der Waals surface area contributed by atoms with Crippen molar-refractivity contribution in [3.63, 3.8) is 0 Å². The molecule has 9 heteroatoms. The predicted molar refractivity (Wildman–Crippen MR) is 102 cm³/mol. The molecule has 0 saturated heterocycles. The molecule has 0 heterocycles. The van der Waals surface area contributed by atoms with Crippen LogP contribution in [0, 0.1) is 11.3 Å². The summed E-state index contributed by atoms with van der Waals surface area (Å²) in [5.74, 6) is -1.01. The number of hydrogen-bond donors (Lipinski definition) is 1. The van der Waals surface area contributed by atoms with Gasteiger partial charge in [0.2, 0.25) is 15.9 Å². The lowest BCUT2D eigenvalue weighted by Crippen LogP contribution is -2.33. The van der Waals surface area contributed by atoms with E-state index in [0.29, 0.717) is 16.8 Å². The van der Waals surface area contributed by atoms with E-state index >= 15 is 0 Å². The van der Waals surface area contributed by atoms with Gasteiger partial charge in [0.25, 0.3) is 0 Å². The van der Waals surface area contributed by atoms with Crippen molar-refractivity contribution in [2.24, 2.45) is 0 Å². The number of likely N-dealkylation sites (N-methyl/N-ethyl adjacent to an activating group) is 1. The van der Waals surface area contributed by atoms with Gasteiger partial charge < -0.3 is 10.1 Å². The molecule has 2 aromatic rings. The smallest absolute Gasteiger partial charge is 0.321 e. The van der Waals surface area contributed by atoms with Gasteiger partial charge in [0, 0.05) is 25.2 Å². The standard InChI is InChI=1S/C19H19N3O5S/c1-14(23)21-17-7-9-18(10-8-17)28(25,26)22(2)12-19(24)27-13-16-6-4-3-5-15(16)11-20/h3-10H,12-13H2,1-2H3,(H,21,23). The Hall–Kier alpha value is -3.22. The zero-order valence-corrected chi connectivity index (χ0v) is 16.2. The summed E-state index contributed by atoms with van der Waals surface area (Å²) >= 11 is 0. The zero-order valence-electron chi connectivity index (χ0n) is 15.4. The fourth-order valence-electron chi connectivity index (χ4n) is 2.32. The van der Waals surface area contributed by atoms with Crippen LogP contribution in [0.3, 0.4) is 0 Å². The summed E-state index contributed by atoms with van der Waals surface area (Å²) in [5.41, 5.74) is 1.39. The molecular weight excluding hydrogens is 382 g/mol. The monoisotopic (exact) mass is 401 g/mol. The van der Waals surface area contributed by atoms with Gasteiger partial charge in [-0.15, -0.1) is 0 Å². The van der Waals surface area contributed by atoms with E-state index in [1.165, 1.54) is 38.2 Å². The minimum atomic E-state index is -3.91. The molecule has 0 aromatic heterocycles. The highest BCUT2D eigenvalue weighted by Gasteiger charge is 2.23. The maximum Gasteiger partial charge on any atom is 0.321 e. The molecule has 2 rings (SSSR count). The van der Waals surface area contributed by atoms with Crippen LogP contribution in [0.25, 0.3) is 0 Å². The molecule has 0 aliphatic carbocycles. The first-order chi connectivity index (χ1) is 13.2. The van der Waals surface area contributed by atoms with Gasteiger partial charge in [0.15, 0.2) is 0 Å². The summed E-state index contributed by atoms with van der Waals surface area (Å²) in [4.78, 5) is 23.0. The Bertz CT molecular complexity index is 1010. The molecule has 8 nitrogen and oxygen atoms in total. The molecule has 146 valence electrons. The van der Waals surface area contributed by atoms with Crippen molar-refractivity contribution < 1.29 is 22.7 Å². The Morgan fingerprint density at radius 2 is 1.79 bits per heavy atom. The lowest BCUT2D eigenvalue weighted by atomic mass is 10.1. The van der Waals surface area contributed by atoms with Crippen LogP contribution < -0.4 is 5.32 Å². The number of anilines is 1. The number of ether oxygens (including phenoxy) is 1. The molecule has 0 atom stereocenters. The molecule has 0 unspecified atom stereocenters. The van der Waals surface area contributed by atoms with Crippen LogP contribution >= 0.6 is 0 Å². The second kappa shape index (κ2) is 9.12. The fraction of sp³-hybridized carbons (Fsp3) is 0.211. The molecule has 0 radical (unpaired) electrons. The number of carbonyl (C=O) groups excluding carboxylic acids is 2. The Kier molecular flexibility index (Phi) is 6.87. The SMILES string of the molecule is CC(=O)Nc1ccc(S(=O)(=O)N(C)CC(=O)OCc2ccccc2C#N)cc1. The van der Waals surface area contributed by atoms with Gasteiger partial charge in [-0.3, -0.25) is 9.59 Å². The minimum Gasteiger partial charge on any atom is -0.460 e. The number of nitrogens with zero attached hydrogens (tertiary/aromatic N) is 2. The van der Waals surface area contributed by atoms with Gasteiger partial charge in [0.05, 0.1) is 16.5 Å². The largest absolute Gasteiger partial charge is 0.460 e. The third-order valence-electron chi connectivity index (χ3n) is 3.76. The maximum absolute atomic E-state index is 12.6. The number of nitriles is 1. The van der Waals surface area contributed by atoms with Crippen LogP contribution in [-0.2, 0) is 31.0 Å². The van der Waals surface area contributed by atoms with E-state index in [4.69, 9.17) is 10.00 Å². The third-order valence-corrected chi connectivity index (χ3v) is 5.58. The van der Waals surface area contributed by atoms with E-state index in [0.717, 1.165) is 4.31 Å². The summed E-state index contributed by atoms with van der Waals surface area (Å²) in [7, 11) is -2.64. The van der Waals surface area contributed by atoms with Crippen molar-refractivity contribution in [2.75, 3.05) is 18.9 Å². The first kappa shape index (κ1) is 21.1. The lowest BCUT2D eigenvalue weighted by Gasteiger charge is -2.17. The van der Waals surface area contributed by atoms with E-state index in [1.54, 1.807) is 24.3 Å². The number of rotatable bonds is 7. The minimum absolute atomic E-state index is 0.0215. The van der Waals surface area contributed by atoms with E-state index in [1.807, 2.05) is 6.07 Å². The third kappa shape index (κ3) is 5.39. The highest BCUT2D eigenvalue weighted by atomic mass is 32.2. The van der Waals surface area contributed by atoms with Crippen LogP contribution in [-0.4, -0.2) is 38.2 Å². The zero-order chi connectivity index (χ0) is 20.7. The average Bonchev–Trinajstić information content (AvgIpc) is 2.66. The molecule has 0 spiro atoms. The van der Waals surface area contributed by atoms with Crippen LogP contribution in [0.15, 0.2) is 53.4 Å². The molecular formula is C19H19N3O5S. The van der Waals surface area contributed by atoms with Gasteiger partial charge in [-0.2, -0.15) is 9.57 Å². The topological polar surface area (TPSA) is 117 Å². The number of amides is 1. The van der Waals surface area contributed by atoms with Crippen LogP contribution in [0.4, 0.5) is 5.69 Å². The summed E-state index contributed by atoms with van der Waals surface area (Å²) in [5, 5.41) is 11.6. The summed E-state index contributed by atoms with van der Waals surface area (Å²) in [6.45, 7) is 0.741. The molecule has 1 N–H and O–H groups in total. The molecule has 0 saturated carbocycles. The van der Waals surface area contributed by atoms with Crippen molar-refractivity contribution >= 4 is 27.6 Å². The second-order valence-electron chi connectivity index (χ2n) is 5.90. The number of carbonyl (C=O) groups is 2. The Morgan fingerprint density at radius 3 is 2.39 bits per heavy atom. The normalized spacial score (nSPS) is 10.9. The molecule has 28 heavy (non-hydrogen) atoms. The highest BCUT2D eigenvalue weighted by Crippen LogP contribution is 2.18. The van der Waals surface area contributed by atoms with Gasteiger partial charge in [-0.25, -0.2) is 8.42 Å². The highest BCUT2D eigenvalue weighted by molar-refractivity contribution is 7.89. The molecule has 0 bridgehead atoms. The molecule has 1 amide bonds. The maximum atomic E-state index is 12.6. The molecule has 2 aromatic carbocycles. The van der Waals surface area contributed by atoms with Crippen molar-refractivity contribution in [2.45, 2.75) is 18.4 Å². The number of nitrogens with one attached hydrogen (secondary N) is 1. The van der Waals surface area contributed by atoms with E-state index in [-0.39, 0.29) is 17.4 Å². The summed E-state index contributed by atoms with van der Waals surface area (Å²) in [6, 6.07) is 14.3. The number of sulfonamides is 1.